The molecule has 0 radical (unpaired) electrons. The lowest BCUT2D eigenvalue weighted by Gasteiger charge is -2.22. The summed E-state index contributed by atoms with van der Waals surface area (Å²) in [6.45, 7) is 1.69. The number of hydroxylamine groups is 1. The third kappa shape index (κ3) is 2.55. The molecule has 0 aromatic heterocycles. The van der Waals surface area contributed by atoms with E-state index in [-0.39, 0.29) is 12.3 Å². The number of benzene rings is 1. The average molecular weight is 276 g/mol. The van der Waals surface area contributed by atoms with Gasteiger partial charge in [-0.1, -0.05) is 23.2 Å². The summed E-state index contributed by atoms with van der Waals surface area (Å²) in [6, 6.07) is 4.79. The topological polar surface area (TPSA) is 38.8 Å². The summed E-state index contributed by atoms with van der Waals surface area (Å²) in [5, 5.41) is 2.03. The van der Waals surface area contributed by atoms with Gasteiger partial charge in [0.1, 0.15) is 0 Å². The number of carbonyl (C=O) groups excluding carboxylic acids is 1. The van der Waals surface area contributed by atoms with Crippen molar-refractivity contribution in [3.63, 3.8) is 0 Å². The first-order valence-corrected chi connectivity index (χ1v) is 5.72. The van der Waals surface area contributed by atoms with Gasteiger partial charge >= 0.3 is 0 Å². The predicted molar refractivity (Wildman–Crippen MR) is 65.1 cm³/mol. The van der Waals surface area contributed by atoms with Gasteiger partial charge in [0.25, 0.3) is 5.91 Å². The number of anilines is 1. The van der Waals surface area contributed by atoms with Crippen molar-refractivity contribution >= 4 is 34.8 Å². The molecule has 6 heteroatoms. The van der Waals surface area contributed by atoms with Crippen LogP contribution in [-0.4, -0.2) is 18.8 Å². The Balaban J connectivity index is 2.32. The third-order valence-corrected chi connectivity index (χ3v) is 2.93. The quantitative estimate of drug-likeness (QED) is 0.833. The van der Waals surface area contributed by atoms with Gasteiger partial charge in [0.2, 0.25) is 5.79 Å². The molecule has 1 aromatic rings. The zero-order valence-electron chi connectivity index (χ0n) is 9.37. The van der Waals surface area contributed by atoms with E-state index in [0.29, 0.717) is 15.7 Å². The fourth-order valence-electron chi connectivity index (χ4n) is 1.59. The number of carbonyl (C=O) groups is 1. The Morgan fingerprint density at radius 2 is 1.94 bits per heavy atom. The molecule has 1 fully saturated rings. The van der Waals surface area contributed by atoms with Crippen LogP contribution in [0.5, 0.6) is 0 Å². The minimum atomic E-state index is -0.939. The van der Waals surface area contributed by atoms with Crippen molar-refractivity contribution in [3.8, 4) is 0 Å². The Labute approximate surface area is 109 Å². The van der Waals surface area contributed by atoms with Crippen LogP contribution in [0.3, 0.4) is 0 Å². The molecule has 0 bridgehead atoms. The van der Waals surface area contributed by atoms with Crippen LogP contribution < -0.4 is 5.06 Å². The number of amides is 1. The molecule has 0 saturated carbocycles. The molecular weight excluding hydrogens is 265 g/mol. The van der Waals surface area contributed by atoms with E-state index in [0.717, 1.165) is 5.06 Å². The highest BCUT2D eigenvalue weighted by atomic mass is 35.5. The van der Waals surface area contributed by atoms with Crippen molar-refractivity contribution in [1.82, 2.24) is 0 Å². The first-order chi connectivity index (χ1) is 7.93. The Bertz CT molecular complexity index is 446. The summed E-state index contributed by atoms with van der Waals surface area (Å²) in [5.41, 5.74) is 0.494. The normalized spacial score (nSPS) is 24.5. The van der Waals surface area contributed by atoms with Gasteiger partial charge in [-0.15, -0.1) is 0 Å². The highest BCUT2D eigenvalue weighted by molar-refractivity contribution is 6.35. The van der Waals surface area contributed by atoms with E-state index in [9.17, 15) is 4.79 Å². The summed E-state index contributed by atoms with van der Waals surface area (Å²) >= 11 is 11.7. The maximum absolute atomic E-state index is 11.8. The minimum absolute atomic E-state index is 0.146. The molecule has 92 valence electrons. The fraction of sp³-hybridized carbons (Fsp3) is 0.364. The SMILES string of the molecule is COC1(C)CC(=O)N(c2cc(Cl)cc(Cl)c2)O1. The lowest BCUT2D eigenvalue weighted by atomic mass is 10.2. The third-order valence-electron chi connectivity index (χ3n) is 2.50. The first-order valence-electron chi connectivity index (χ1n) is 4.97. The Kier molecular flexibility index (Phi) is 3.32. The highest BCUT2D eigenvalue weighted by Crippen LogP contribution is 2.34. The molecule has 1 aromatic carbocycles. The number of nitrogens with zero attached hydrogens (tertiary/aromatic N) is 1. The molecule has 0 N–H and O–H groups in total. The molecule has 2 rings (SSSR count). The molecule has 0 spiro atoms. The Morgan fingerprint density at radius 3 is 2.41 bits per heavy atom. The van der Waals surface area contributed by atoms with Gasteiger partial charge in [0, 0.05) is 17.2 Å². The number of methoxy groups -OCH3 is 1. The van der Waals surface area contributed by atoms with Crippen molar-refractivity contribution in [2.45, 2.75) is 19.1 Å². The van der Waals surface area contributed by atoms with Crippen LogP contribution in [0.25, 0.3) is 0 Å². The molecule has 1 unspecified atom stereocenters. The van der Waals surface area contributed by atoms with Crippen LogP contribution in [0.4, 0.5) is 5.69 Å². The monoisotopic (exact) mass is 275 g/mol. The van der Waals surface area contributed by atoms with Gasteiger partial charge in [-0.3, -0.25) is 4.79 Å². The number of rotatable bonds is 2. The summed E-state index contributed by atoms with van der Waals surface area (Å²) in [4.78, 5) is 17.3. The second-order valence-corrected chi connectivity index (χ2v) is 4.79. The van der Waals surface area contributed by atoms with Crippen molar-refractivity contribution in [2.24, 2.45) is 0 Å². The second-order valence-electron chi connectivity index (χ2n) is 3.92. The largest absolute Gasteiger partial charge is 0.351 e. The molecule has 1 amide bonds. The summed E-state index contributed by atoms with van der Waals surface area (Å²) in [7, 11) is 1.49. The van der Waals surface area contributed by atoms with E-state index in [1.165, 1.54) is 7.11 Å². The van der Waals surface area contributed by atoms with Crippen molar-refractivity contribution in [2.75, 3.05) is 12.2 Å². The summed E-state index contributed by atoms with van der Waals surface area (Å²) in [5.74, 6) is -1.14. The number of ether oxygens (including phenoxy) is 1. The number of hydrogen-bond acceptors (Lipinski definition) is 3. The van der Waals surface area contributed by atoms with Crippen LogP contribution in [0.1, 0.15) is 13.3 Å². The van der Waals surface area contributed by atoms with Crippen LogP contribution in [0.15, 0.2) is 18.2 Å². The van der Waals surface area contributed by atoms with Crippen LogP contribution >= 0.6 is 23.2 Å². The van der Waals surface area contributed by atoms with Gasteiger partial charge < -0.3 is 4.74 Å². The summed E-state index contributed by atoms with van der Waals surface area (Å²) in [6.07, 6.45) is 0.146. The molecule has 1 atom stereocenters. The molecule has 1 saturated heterocycles. The Hall–Kier alpha value is -0.810. The van der Waals surface area contributed by atoms with Crippen molar-refractivity contribution in [3.05, 3.63) is 28.2 Å². The van der Waals surface area contributed by atoms with E-state index in [4.69, 9.17) is 32.8 Å². The molecular formula is C11H11Cl2NO3. The van der Waals surface area contributed by atoms with E-state index in [1.807, 2.05) is 0 Å². The number of hydrogen-bond donors (Lipinski definition) is 0. The second kappa shape index (κ2) is 4.46. The van der Waals surface area contributed by atoms with Crippen LogP contribution in [-0.2, 0) is 14.4 Å². The highest BCUT2D eigenvalue weighted by Gasteiger charge is 2.42. The van der Waals surface area contributed by atoms with Gasteiger partial charge in [-0.05, 0) is 25.1 Å². The smallest absolute Gasteiger partial charge is 0.256 e. The van der Waals surface area contributed by atoms with Crippen LogP contribution in [0.2, 0.25) is 10.0 Å². The molecule has 4 nitrogen and oxygen atoms in total. The van der Waals surface area contributed by atoms with E-state index in [1.54, 1.807) is 25.1 Å². The first kappa shape index (κ1) is 12.6. The molecule has 0 aliphatic carbocycles. The summed E-state index contributed by atoms with van der Waals surface area (Å²) < 4.78 is 5.13. The van der Waals surface area contributed by atoms with Gasteiger partial charge in [0.15, 0.2) is 0 Å². The van der Waals surface area contributed by atoms with Crippen molar-refractivity contribution < 1.29 is 14.4 Å². The fourth-order valence-corrected chi connectivity index (χ4v) is 2.10. The van der Waals surface area contributed by atoms with Gasteiger partial charge in [-0.2, -0.15) is 5.06 Å². The molecule has 1 aliphatic heterocycles. The standard InChI is InChI=1S/C11H11Cl2NO3/c1-11(16-2)6-10(15)14(17-11)9-4-7(12)3-8(13)5-9/h3-5H,6H2,1-2H3. The molecule has 17 heavy (non-hydrogen) atoms. The van der Waals surface area contributed by atoms with Gasteiger partial charge in [0.05, 0.1) is 12.1 Å². The zero-order valence-corrected chi connectivity index (χ0v) is 10.9. The minimum Gasteiger partial charge on any atom is -0.351 e. The van der Waals surface area contributed by atoms with E-state index in [2.05, 4.69) is 0 Å². The van der Waals surface area contributed by atoms with Crippen LogP contribution in [0, 0.1) is 0 Å². The lowest BCUT2D eigenvalue weighted by molar-refractivity contribution is -0.186. The maximum Gasteiger partial charge on any atom is 0.256 e. The average Bonchev–Trinajstić information content (AvgIpc) is 2.54. The lowest BCUT2D eigenvalue weighted by Crippen LogP contribution is -2.29. The molecule has 1 heterocycles. The zero-order chi connectivity index (χ0) is 12.6. The van der Waals surface area contributed by atoms with E-state index < -0.39 is 5.79 Å². The van der Waals surface area contributed by atoms with Crippen molar-refractivity contribution in [1.29, 1.82) is 0 Å². The maximum atomic E-state index is 11.8. The number of halogens is 2. The molecule has 1 aliphatic rings. The van der Waals surface area contributed by atoms with Gasteiger partial charge in [-0.25, -0.2) is 4.84 Å². The predicted octanol–water partition coefficient (Wildman–Crippen LogP) is 3.02. The Morgan fingerprint density at radius 1 is 1.35 bits per heavy atom. The van der Waals surface area contributed by atoms with E-state index >= 15 is 0 Å².